The Bertz CT molecular complexity index is 860. The molecule has 2 aromatic rings. The monoisotopic (exact) mass is 400 g/mol. The van der Waals surface area contributed by atoms with Gasteiger partial charge in [-0.05, 0) is 37.3 Å². The van der Waals surface area contributed by atoms with Crippen molar-refractivity contribution in [1.82, 2.24) is 19.4 Å². The molecule has 0 aromatic carbocycles. The number of imidazole rings is 1. The fourth-order valence-electron chi connectivity index (χ4n) is 4.83. The number of carbonyl (C=O) groups excluding carboxylic acids is 1. The molecule has 1 amide bonds. The van der Waals surface area contributed by atoms with Gasteiger partial charge in [-0.2, -0.15) is 0 Å². The summed E-state index contributed by atoms with van der Waals surface area (Å²) in [6, 6.07) is 2.16. The van der Waals surface area contributed by atoms with Crippen LogP contribution in [-0.2, 0) is 30.4 Å². The zero-order valence-corrected chi connectivity index (χ0v) is 17.3. The number of fused-ring (bicyclic) bond motifs is 2. The molecule has 2 aromatic heterocycles. The summed E-state index contributed by atoms with van der Waals surface area (Å²) in [6.45, 7) is 5.46. The molecule has 6 nitrogen and oxygen atoms in total. The molecule has 0 saturated carbocycles. The van der Waals surface area contributed by atoms with Gasteiger partial charge in [-0.1, -0.05) is 0 Å². The van der Waals surface area contributed by atoms with Gasteiger partial charge in [0.05, 0.1) is 23.6 Å². The second kappa shape index (κ2) is 7.28. The van der Waals surface area contributed by atoms with E-state index in [1.165, 1.54) is 10.4 Å². The minimum atomic E-state index is -0.203. The lowest BCUT2D eigenvalue weighted by molar-refractivity contribution is -0.0983. The van der Waals surface area contributed by atoms with Gasteiger partial charge < -0.3 is 14.2 Å². The first-order chi connectivity index (χ1) is 13.6. The fraction of sp³-hybridized carbons (Fsp3) is 0.619. The van der Waals surface area contributed by atoms with Crippen LogP contribution >= 0.6 is 11.3 Å². The first-order valence-corrected chi connectivity index (χ1v) is 11.2. The second-order valence-corrected chi connectivity index (χ2v) is 9.41. The fourth-order valence-corrected chi connectivity index (χ4v) is 6.03. The van der Waals surface area contributed by atoms with E-state index >= 15 is 0 Å². The van der Waals surface area contributed by atoms with Crippen molar-refractivity contribution in [2.75, 3.05) is 32.8 Å². The number of thiophene rings is 1. The number of ether oxygens (including phenoxy) is 1. The highest BCUT2D eigenvalue weighted by molar-refractivity contribution is 7.14. The first-order valence-electron chi connectivity index (χ1n) is 10.4. The molecule has 0 unspecified atom stereocenters. The standard InChI is InChI=1S/C21H28N4O2S/c1-23-12-7-22-19(23)15-24-10-5-21(6-11-24)16-14-18(28-17(16)4-13-27-21)20(26)25-8-2-3-9-25/h7,12,14H,2-6,8-11,13,15H2,1H3. The molecular formula is C21H28N4O2S. The van der Waals surface area contributed by atoms with Crippen LogP contribution in [0.5, 0.6) is 0 Å². The average Bonchev–Trinajstić information content (AvgIpc) is 3.45. The molecule has 0 aliphatic carbocycles. The van der Waals surface area contributed by atoms with Gasteiger partial charge in [0.1, 0.15) is 5.82 Å². The van der Waals surface area contributed by atoms with Crippen molar-refractivity contribution < 1.29 is 9.53 Å². The van der Waals surface area contributed by atoms with Crippen molar-refractivity contribution in [2.45, 2.75) is 44.2 Å². The Hall–Kier alpha value is -1.70. The van der Waals surface area contributed by atoms with Crippen LogP contribution in [0.15, 0.2) is 18.5 Å². The molecule has 5 heterocycles. The highest BCUT2D eigenvalue weighted by atomic mass is 32.1. The third-order valence-corrected chi connectivity index (χ3v) is 7.74. The molecule has 2 fully saturated rings. The minimum absolute atomic E-state index is 0.203. The zero-order chi connectivity index (χ0) is 19.1. The molecule has 28 heavy (non-hydrogen) atoms. The predicted octanol–water partition coefficient (Wildman–Crippen LogP) is 2.78. The number of piperidine rings is 1. The van der Waals surface area contributed by atoms with Crippen LogP contribution < -0.4 is 0 Å². The maximum atomic E-state index is 12.9. The first kappa shape index (κ1) is 18.3. The third-order valence-electron chi connectivity index (χ3n) is 6.56. The van der Waals surface area contributed by atoms with E-state index in [9.17, 15) is 4.79 Å². The number of hydrogen-bond acceptors (Lipinski definition) is 5. The van der Waals surface area contributed by atoms with E-state index in [1.54, 1.807) is 11.3 Å². The van der Waals surface area contributed by atoms with Crippen molar-refractivity contribution in [3.05, 3.63) is 39.6 Å². The number of aromatic nitrogens is 2. The molecule has 2 saturated heterocycles. The van der Waals surface area contributed by atoms with Gasteiger partial charge in [-0.15, -0.1) is 11.3 Å². The van der Waals surface area contributed by atoms with Crippen LogP contribution in [0.3, 0.4) is 0 Å². The van der Waals surface area contributed by atoms with Crippen molar-refractivity contribution in [2.24, 2.45) is 7.05 Å². The number of hydrogen-bond donors (Lipinski definition) is 0. The summed E-state index contributed by atoms with van der Waals surface area (Å²) in [5, 5.41) is 0. The molecule has 3 aliphatic heterocycles. The lowest BCUT2D eigenvalue weighted by Crippen LogP contribution is -2.46. The Morgan fingerprint density at radius 2 is 2.04 bits per heavy atom. The Labute approximate surface area is 170 Å². The van der Waals surface area contributed by atoms with Crippen LogP contribution in [0.4, 0.5) is 0 Å². The second-order valence-electron chi connectivity index (χ2n) is 8.27. The summed E-state index contributed by atoms with van der Waals surface area (Å²) in [4.78, 5) is 24.1. The number of nitrogens with zero attached hydrogens (tertiary/aromatic N) is 4. The van der Waals surface area contributed by atoms with E-state index in [-0.39, 0.29) is 11.5 Å². The maximum absolute atomic E-state index is 12.9. The van der Waals surface area contributed by atoms with Crippen LogP contribution in [-0.4, -0.2) is 58.0 Å². The van der Waals surface area contributed by atoms with E-state index < -0.39 is 0 Å². The normalized spacial score (nSPS) is 22.0. The number of rotatable bonds is 3. The van der Waals surface area contributed by atoms with Gasteiger partial charge in [-0.3, -0.25) is 9.69 Å². The molecular weight excluding hydrogens is 372 g/mol. The van der Waals surface area contributed by atoms with Crippen molar-refractivity contribution in [3.8, 4) is 0 Å². The highest BCUT2D eigenvalue weighted by Crippen LogP contribution is 2.45. The van der Waals surface area contributed by atoms with Gasteiger partial charge in [0.15, 0.2) is 0 Å². The average molecular weight is 401 g/mol. The highest BCUT2D eigenvalue weighted by Gasteiger charge is 2.42. The third kappa shape index (κ3) is 3.19. The molecule has 3 aliphatic rings. The summed E-state index contributed by atoms with van der Waals surface area (Å²) in [6.07, 6.45) is 9.04. The Kier molecular flexibility index (Phi) is 4.77. The van der Waals surface area contributed by atoms with E-state index in [1.807, 2.05) is 17.3 Å². The van der Waals surface area contributed by atoms with Gasteiger partial charge in [0.2, 0.25) is 0 Å². The Balaban J connectivity index is 1.32. The van der Waals surface area contributed by atoms with E-state index in [4.69, 9.17) is 4.74 Å². The lowest BCUT2D eigenvalue weighted by atomic mass is 9.82. The topological polar surface area (TPSA) is 50.6 Å². The smallest absolute Gasteiger partial charge is 0.263 e. The molecule has 150 valence electrons. The lowest BCUT2D eigenvalue weighted by Gasteiger charge is -2.44. The van der Waals surface area contributed by atoms with Crippen LogP contribution in [0.2, 0.25) is 0 Å². The van der Waals surface area contributed by atoms with Gasteiger partial charge in [-0.25, -0.2) is 4.98 Å². The number of amides is 1. The van der Waals surface area contributed by atoms with E-state index in [2.05, 4.69) is 27.6 Å². The van der Waals surface area contributed by atoms with Crippen LogP contribution in [0, 0.1) is 0 Å². The summed E-state index contributed by atoms with van der Waals surface area (Å²) in [5.41, 5.74) is 1.09. The summed E-state index contributed by atoms with van der Waals surface area (Å²) in [7, 11) is 2.05. The summed E-state index contributed by atoms with van der Waals surface area (Å²) < 4.78 is 8.48. The maximum Gasteiger partial charge on any atom is 0.263 e. The number of aryl methyl sites for hydroxylation is 1. The molecule has 5 rings (SSSR count). The molecule has 1 spiro atoms. The van der Waals surface area contributed by atoms with Gasteiger partial charge in [0, 0.05) is 56.9 Å². The van der Waals surface area contributed by atoms with E-state index in [0.717, 1.165) is 82.1 Å². The van der Waals surface area contributed by atoms with Crippen molar-refractivity contribution >= 4 is 17.2 Å². The molecule has 0 radical (unpaired) electrons. The number of carbonyl (C=O) groups is 1. The predicted molar refractivity (Wildman–Crippen MR) is 109 cm³/mol. The van der Waals surface area contributed by atoms with Gasteiger partial charge >= 0.3 is 0 Å². The molecule has 7 heteroatoms. The van der Waals surface area contributed by atoms with E-state index in [0.29, 0.717) is 0 Å². The zero-order valence-electron chi connectivity index (χ0n) is 16.5. The molecule has 0 atom stereocenters. The van der Waals surface area contributed by atoms with Crippen molar-refractivity contribution in [3.63, 3.8) is 0 Å². The quantitative estimate of drug-likeness (QED) is 0.795. The van der Waals surface area contributed by atoms with Crippen LogP contribution in [0.25, 0.3) is 0 Å². The summed E-state index contributed by atoms with van der Waals surface area (Å²) in [5.74, 6) is 1.33. The summed E-state index contributed by atoms with van der Waals surface area (Å²) >= 11 is 1.71. The molecule has 0 bridgehead atoms. The van der Waals surface area contributed by atoms with Crippen LogP contribution in [0.1, 0.15) is 51.6 Å². The largest absolute Gasteiger partial charge is 0.370 e. The van der Waals surface area contributed by atoms with Gasteiger partial charge in [0.25, 0.3) is 5.91 Å². The van der Waals surface area contributed by atoms with Crippen molar-refractivity contribution in [1.29, 1.82) is 0 Å². The Morgan fingerprint density at radius 1 is 1.25 bits per heavy atom. The molecule has 0 N–H and O–H groups in total. The SMILES string of the molecule is Cn1ccnc1CN1CCC2(CC1)OCCc1sc(C(=O)N3CCCC3)cc12. The number of likely N-dealkylation sites (tertiary alicyclic amines) is 2. The minimum Gasteiger partial charge on any atom is -0.370 e. The Morgan fingerprint density at radius 3 is 2.75 bits per heavy atom.